The third-order valence-electron chi connectivity index (χ3n) is 2.97. The molecule has 1 aromatic carbocycles. The zero-order valence-electron chi connectivity index (χ0n) is 8.76. The van der Waals surface area contributed by atoms with Gasteiger partial charge in [-0.25, -0.2) is 0 Å². The van der Waals surface area contributed by atoms with Crippen molar-refractivity contribution in [3.8, 4) is 0 Å². The lowest BCUT2D eigenvalue weighted by atomic mass is 9.82. The highest BCUT2D eigenvalue weighted by Gasteiger charge is 2.24. The maximum atomic E-state index is 6.08. The predicted molar refractivity (Wildman–Crippen MR) is 65.5 cm³/mol. The summed E-state index contributed by atoms with van der Waals surface area (Å²) in [5.41, 5.74) is 1.13. The van der Waals surface area contributed by atoms with Crippen molar-refractivity contribution in [3.63, 3.8) is 0 Å². The predicted octanol–water partition coefficient (Wildman–Crippen LogP) is 3.88. The quantitative estimate of drug-likeness (QED) is 0.850. The van der Waals surface area contributed by atoms with Crippen LogP contribution in [0, 0.1) is 5.92 Å². The molecular formula is C12H15Cl2N. The largest absolute Gasteiger partial charge is 0.310 e. The Hall–Kier alpha value is -0.240. The van der Waals surface area contributed by atoms with Crippen LogP contribution in [0.25, 0.3) is 0 Å². The van der Waals surface area contributed by atoms with Gasteiger partial charge in [-0.2, -0.15) is 0 Å². The molecule has 1 aliphatic rings. The van der Waals surface area contributed by atoms with Gasteiger partial charge in [0.25, 0.3) is 0 Å². The number of rotatable bonds is 3. The second-order valence-corrected chi connectivity index (χ2v) is 5.23. The fourth-order valence-electron chi connectivity index (χ4n) is 1.99. The molecular weight excluding hydrogens is 229 g/mol. The van der Waals surface area contributed by atoms with Crippen LogP contribution < -0.4 is 5.32 Å². The summed E-state index contributed by atoms with van der Waals surface area (Å²) in [6.45, 7) is 3.13. The summed E-state index contributed by atoms with van der Waals surface area (Å²) in [4.78, 5) is 0. The Bertz CT molecular complexity index is 345. The zero-order valence-corrected chi connectivity index (χ0v) is 10.3. The first-order valence-electron chi connectivity index (χ1n) is 5.32. The highest BCUT2D eigenvalue weighted by Crippen LogP contribution is 2.27. The number of halogens is 2. The molecule has 0 amide bonds. The van der Waals surface area contributed by atoms with Gasteiger partial charge in [-0.05, 0) is 36.5 Å². The molecule has 0 heterocycles. The van der Waals surface area contributed by atoms with Crippen LogP contribution in [0.4, 0.5) is 0 Å². The van der Waals surface area contributed by atoms with Crippen molar-refractivity contribution in [1.82, 2.24) is 5.32 Å². The molecule has 1 fully saturated rings. The third kappa shape index (κ3) is 2.87. The van der Waals surface area contributed by atoms with Crippen LogP contribution >= 0.6 is 23.2 Å². The fourth-order valence-corrected chi connectivity index (χ4v) is 2.46. The molecule has 0 radical (unpaired) electrons. The lowest BCUT2D eigenvalue weighted by Gasteiger charge is -2.33. The summed E-state index contributed by atoms with van der Waals surface area (Å²) in [5.74, 6) is 0.878. The van der Waals surface area contributed by atoms with E-state index in [1.54, 1.807) is 6.07 Å². The molecule has 1 N–H and O–H groups in total. The molecule has 1 saturated carbocycles. The smallest absolute Gasteiger partial charge is 0.0465 e. The van der Waals surface area contributed by atoms with Crippen LogP contribution in [-0.2, 0) is 6.54 Å². The maximum absolute atomic E-state index is 6.08. The minimum Gasteiger partial charge on any atom is -0.310 e. The molecule has 82 valence electrons. The van der Waals surface area contributed by atoms with Gasteiger partial charge in [0.15, 0.2) is 0 Å². The van der Waals surface area contributed by atoms with Crippen molar-refractivity contribution < 1.29 is 0 Å². The normalized spacial score (nSPS) is 25.0. The van der Waals surface area contributed by atoms with E-state index in [9.17, 15) is 0 Å². The van der Waals surface area contributed by atoms with Gasteiger partial charge in [0.2, 0.25) is 0 Å². The number of hydrogen-bond acceptors (Lipinski definition) is 1. The van der Waals surface area contributed by atoms with Crippen molar-refractivity contribution in [2.24, 2.45) is 5.92 Å². The second-order valence-electron chi connectivity index (χ2n) is 4.39. The van der Waals surface area contributed by atoms with Crippen LogP contribution in [0.1, 0.15) is 25.3 Å². The second kappa shape index (κ2) is 4.73. The molecule has 0 unspecified atom stereocenters. The molecule has 0 aromatic heterocycles. The van der Waals surface area contributed by atoms with Crippen molar-refractivity contribution in [2.45, 2.75) is 32.4 Å². The molecule has 1 aliphatic carbocycles. The zero-order chi connectivity index (χ0) is 10.8. The molecule has 0 saturated heterocycles. The van der Waals surface area contributed by atoms with Crippen molar-refractivity contribution >= 4 is 23.2 Å². The van der Waals surface area contributed by atoms with Gasteiger partial charge in [0.1, 0.15) is 0 Å². The molecule has 2 rings (SSSR count). The van der Waals surface area contributed by atoms with Crippen molar-refractivity contribution in [3.05, 3.63) is 33.8 Å². The Balaban J connectivity index is 1.88. The first-order valence-corrected chi connectivity index (χ1v) is 6.08. The number of hydrogen-bond donors (Lipinski definition) is 1. The van der Waals surface area contributed by atoms with Gasteiger partial charge >= 0.3 is 0 Å². The minimum absolute atomic E-state index is 0.673. The molecule has 1 nitrogen and oxygen atoms in total. The van der Waals surface area contributed by atoms with Gasteiger partial charge in [-0.1, -0.05) is 36.2 Å². The minimum atomic E-state index is 0.673. The molecule has 0 atom stereocenters. The molecule has 15 heavy (non-hydrogen) atoms. The molecule has 3 heteroatoms. The summed E-state index contributed by atoms with van der Waals surface area (Å²) in [7, 11) is 0. The van der Waals surface area contributed by atoms with Crippen molar-refractivity contribution in [2.75, 3.05) is 0 Å². The molecule has 0 bridgehead atoms. The van der Waals surface area contributed by atoms with Crippen LogP contribution in [0.5, 0.6) is 0 Å². The van der Waals surface area contributed by atoms with Gasteiger partial charge in [-0.3, -0.25) is 0 Å². The lowest BCUT2D eigenvalue weighted by molar-refractivity contribution is 0.240. The average molecular weight is 244 g/mol. The van der Waals surface area contributed by atoms with Gasteiger partial charge in [-0.15, -0.1) is 0 Å². The van der Waals surface area contributed by atoms with E-state index in [1.165, 1.54) is 12.8 Å². The van der Waals surface area contributed by atoms with E-state index < -0.39 is 0 Å². The first-order chi connectivity index (χ1) is 7.15. The van der Waals surface area contributed by atoms with Gasteiger partial charge in [0.05, 0.1) is 0 Å². The summed E-state index contributed by atoms with van der Waals surface area (Å²) < 4.78 is 0. The van der Waals surface area contributed by atoms with E-state index >= 15 is 0 Å². The summed E-state index contributed by atoms with van der Waals surface area (Å²) in [6, 6.07) is 6.34. The highest BCUT2D eigenvalue weighted by atomic mass is 35.5. The maximum Gasteiger partial charge on any atom is 0.0465 e. The molecule has 1 aromatic rings. The van der Waals surface area contributed by atoms with Crippen LogP contribution in [0.15, 0.2) is 18.2 Å². The van der Waals surface area contributed by atoms with Crippen molar-refractivity contribution in [1.29, 1.82) is 0 Å². The first kappa shape index (κ1) is 11.3. The van der Waals surface area contributed by atoms with Gasteiger partial charge in [0, 0.05) is 22.6 Å². The van der Waals surface area contributed by atoms with Crippen LogP contribution in [0.3, 0.4) is 0 Å². The lowest BCUT2D eigenvalue weighted by Crippen LogP contribution is -2.39. The summed E-state index contributed by atoms with van der Waals surface area (Å²) in [5, 5.41) is 4.95. The molecule has 0 aliphatic heterocycles. The van der Waals surface area contributed by atoms with E-state index in [0.29, 0.717) is 11.1 Å². The number of benzene rings is 1. The Morgan fingerprint density at radius 2 is 2.07 bits per heavy atom. The highest BCUT2D eigenvalue weighted by molar-refractivity contribution is 6.35. The Morgan fingerprint density at radius 1 is 1.33 bits per heavy atom. The SMILES string of the molecule is CC1CC(NCc2ccc(Cl)cc2Cl)C1. The van der Waals surface area contributed by atoms with E-state index in [1.807, 2.05) is 12.1 Å². The van der Waals surface area contributed by atoms with E-state index in [4.69, 9.17) is 23.2 Å². The van der Waals surface area contributed by atoms with Crippen LogP contribution in [0.2, 0.25) is 10.0 Å². The fraction of sp³-hybridized carbons (Fsp3) is 0.500. The van der Waals surface area contributed by atoms with Gasteiger partial charge < -0.3 is 5.32 Å². The number of nitrogens with one attached hydrogen (secondary N) is 1. The van der Waals surface area contributed by atoms with Crippen LogP contribution in [-0.4, -0.2) is 6.04 Å². The molecule has 0 spiro atoms. The van der Waals surface area contributed by atoms with E-state index in [2.05, 4.69) is 12.2 Å². The standard InChI is InChI=1S/C12H15Cl2N/c1-8-4-11(5-8)15-7-9-2-3-10(13)6-12(9)14/h2-3,6,8,11,15H,4-5,7H2,1H3. The summed E-state index contributed by atoms with van der Waals surface area (Å²) >= 11 is 11.9. The average Bonchev–Trinajstić information content (AvgIpc) is 2.13. The Kier molecular flexibility index (Phi) is 3.55. The van der Waals surface area contributed by atoms with E-state index in [-0.39, 0.29) is 0 Å². The Morgan fingerprint density at radius 3 is 2.67 bits per heavy atom. The Labute approximate surface area is 101 Å². The monoisotopic (exact) mass is 243 g/mol. The summed E-state index contributed by atoms with van der Waals surface area (Å²) in [6.07, 6.45) is 2.57. The van der Waals surface area contributed by atoms with E-state index in [0.717, 1.165) is 23.0 Å². The third-order valence-corrected chi connectivity index (χ3v) is 3.56. The topological polar surface area (TPSA) is 12.0 Å².